The van der Waals surface area contributed by atoms with Gasteiger partial charge in [-0.2, -0.15) is 0 Å². The van der Waals surface area contributed by atoms with Crippen molar-refractivity contribution in [1.82, 2.24) is 0 Å². The third-order valence-electron chi connectivity index (χ3n) is 2.96. The van der Waals surface area contributed by atoms with Crippen molar-refractivity contribution < 1.29 is 9.47 Å². The number of ether oxygens (including phenoxy) is 2. The second-order valence-electron chi connectivity index (χ2n) is 4.47. The van der Waals surface area contributed by atoms with Gasteiger partial charge in [0.1, 0.15) is 6.79 Å². The highest BCUT2D eigenvalue weighted by Gasteiger charge is 2.25. The van der Waals surface area contributed by atoms with Gasteiger partial charge in [0.25, 0.3) is 0 Å². The van der Waals surface area contributed by atoms with Crippen LogP contribution in [0, 0.1) is 0 Å². The van der Waals surface area contributed by atoms with E-state index in [0.29, 0.717) is 13.4 Å². The first-order valence-corrected chi connectivity index (χ1v) is 5.92. The van der Waals surface area contributed by atoms with Crippen LogP contribution < -0.4 is 5.73 Å². The predicted molar refractivity (Wildman–Crippen MR) is 67.3 cm³/mol. The van der Waals surface area contributed by atoms with Gasteiger partial charge in [0.05, 0.1) is 12.7 Å². The van der Waals surface area contributed by atoms with Gasteiger partial charge in [-0.05, 0) is 24.0 Å². The van der Waals surface area contributed by atoms with E-state index in [0.717, 1.165) is 24.0 Å². The topological polar surface area (TPSA) is 44.5 Å². The van der Waals surface area contributed by atoms with Crippen LogP contribution in [0.2, 0.25) is 0 Å². The van der Waals surface area contributed by atoms with Gasteiger partial charge in [-0.15, -0.1) is 0 Å². The summed E-state index contributed by atoms with van der Waals surface area (Å²) < 4.78 is 11.1. The lowest BCUT2D eigenvalue weighted by atomic mass is 10.2. The molecule has 1 aromatic carbocycles. The standard InChI is InChI=1S/C14H19NO2/c1-11-7-13(15)8-14(11)17-10-16-9-12-5-3-2-4-6-12/h2-6,13-14H,1,7-10,15H2/t13-,14-/m1/s1. The lowest BCUT2D eigenvalue weighted by Crippen LogP contribution is -2.18. The Morgan fingerprint density at radius 3 is 2.71 bits per heavy atom. The summed E-state index contributed by atoms with van der Waals surface area (Å²) in [4.78, 5) is 0. The van der Waals surface area contributed by atoms with Crippen molar-refractivity contribution in [2.45, 2.75) is 31.6 Å². The molecule has 0 bridgehead atoms. The maximum absolute atomic E-state index is 5.83. The molecular formula is C14H19NO2. The van der Waals surface area contributed by atoms with Crippen molar-refractivity contribution in [2.24, 2.45) is 5.73 Å². The Kier molecular flexibility index (Phi) is 4.31. The minimum Gasteiger partial charge on any atom is -0.351 e. The molecule has 0 saturated heterocycles. The molecule has 1 fully saturated rings. The van der Waals surface area contributed by atoms with Crippen molar-refractivity contribution in [3.8, 4) is 0 Å². The average molecular weight is 233 g/mol. The van der Waals surface area contributed by atoms with Gasteiger partial charge in [0, 0.05) is 6.04 Å². The maximum atomic E-state index is 5.83. The number of nitrogens with two attached hydrogens (primary N) is 1. The first-order chi connectivity index (χ1) is 8.25. The molecule has 1 aliphatic carbocycles. The van der Waals surface area contributed by atoms with E-state index in [1.54, 1.807) is 0 Å². The van der Waals surface area contributed by atoms with E-state index in [1.165, 1.54) is 0 Å². The third kappa shape index (κ3) is 3.66. The summed E-state index contributed by atoms with van der Waals surface area (Å²) in [5, 5.41) is 0. The second kappa shape index (κ2) is 5.96. The van der Waals surface area contributed by atoms with Crippen molar-refractivity contribution in [3.05, 3.63) is 48.0 Å². The molecule has 92 valence electrons. The number of hydrogen-bond donors (Lipinski definition) is 1. The number of rotatable bonds is 5. The van der Waals surface area contributed by atoms with Gasteiger partial charge in [0.15, 0.2) is 0 Å². The zero-order valence-electron chi connectivity index (χ0n) is 9.97. The van der Waals surface area contributed by atoms with Gasteiger partial charge in [-0.3, -0.25) is 0 Å². The highest BCUT2D eigenvalue weighted by molar-refractivity contribution is 5.13. The quantitative estimate of drug-likeness (QED) is 0.482. The molecule has 0 amide bonds. The third-order valence-corrected chi connectivity index (χ3v) is 2.96. The van der Waals surface area contributed by atoms with E-state index in [2.05, 4.69) is 6.58 Å². The Labute approximate surface area is 102 Å². The van der Waals surface area contributed by atoms with E-state index in [-0.39, 0.29) is 12.1 Å². The van der Waals surface area contributed by atoms with Crippen LogP contribution >= 0.6 is 0 Å². The molecule has 1 aliphatic rings. The van der Waals surface area contributed by atoms with Crippen LogP contribution in [0.4, 0.5) is 0 Å². The van der Waals surface area contributed by atoms with Crippen LogP contribution in [-0.2, 0) is 16.1 Å². The molecule has 0 spiro atoms. The summed E-state index contributed by atoms with van der Waals surface area (Å²) in [5.41, 5.74) is 8.06. The molecular weight excluding hydrogens is 214 g/mol. The number of hydrogen-bond acceptors (Lipinski definition) is 3. The SMILES string of the molecule is C=C1C[C@@H](N)C[C@H]1OCOCc1ccccc1. The highest BCUT2D eigenvalue weighted by Crippen LogP contribution is 2.25. The molecule has 1 aromatic rings. The zero-order chi connectivity index (χ0) is 12.1. The molecule has 0 aromatic heterocycles. The monoisotopic (exact) mass is 233 g/mol. The molecule has 0 heterocycles. The Bertz CT molecular complexity index is 364. The Hall–Kier alpha value is -1.16. The summed E-state index contributed by atoms with van der Waals surface area (Å²) in [6.07, 6.45) is 1.79. The minimum absolute atomic E-state index is 0.0702. The first-order valence-electron chi connectivity index (χ1n) is 5.92. The molecule has 0 aliphatic heterocycles. The Morgan fingerprint density at radius 1 is 1.29 bits per heavy atom. The molecule has 17 heavy (non-hydrogen) atoms. The maximum Gasteiger partial charge on any atom is 0.147 e. The van der Waals surface area contributed by atoms with Crippen LogP contribution in [0.25, 0.3) is 0 Å². The van der Waals surface area contributed by atoms with Gasteiger partial charge in [0.2, 0.25) is 0 Å². The molecule has 2 atom stereocenters. The van der Waals surface area contributed by atoms with E-state index in [1.807, 2.05) is 30.3 Å². The summed E-state index contributed by atoms with van der Waals surface area (Å²) >= 11 is 0. The fourth-order valence-electron chi connectivity index (χ4n) is 2.04. The van der Waals surface area contributed by atoms with Gasteiger partial charge < -0.3 is 15.2 Å². The van der Waals surface area contributed by atoms with Gasteiger partial charge in [-0.25, -0.2) is 0 Å². The van der Waals surface area contributed by atoms with Crippen molar-refractivity contribution in [1.29, 1.82) is 0 Å². The van der Waals surface area contributed by atoms with Crippen LogP contribution in [0.15, 0.2) is 42.5 Å². The summed E-state index contributed by atoms with van der Waals surface area (Å²) in [6, 6.07) is 10.2. The Balaban J connectivity index is 1.65. The van der Waals surface area contributed by atoms with Crippen LogP contribution in [0.5, 0.6) is 0 Å². The van der Waals surface area contributed by atoms with Crippen molar-refractivity contribution >= 4 is 0 Å². The molecule has 3 heteroatoms. The fraction of sp³-hybridized carbons (Fsp3) is 0.429. The lowest BCUT2D eigenvalue weighted by molar-refractivity contribution is -0.0837. The molecule has 2 rings (SSSR count). The van der Waals surface area contributed by atoms with Crippen molar-refractivity contribution in [2.75, 3.05) is 6.79 Å². The van der Waals surface area contributed by atoms with Crippen LogP contribution in [0.1, 0.15) is 18.4 Å². The van der Waals surface area contributed by atoms with Crippen molar-refractivity contribution in [3.63, 3.8) is 0 Å². The van der Waals surface area contributed by atoms with Gasteiger partial charge in [-0.1, -0.05) is 36.9 Å². The molecule has 0 radical (unpaired) electrons. The summed E-state index contributed by atoms with van der Waals surface area (Å²) in [5.74, 6) is 0. The fourth-order valence-corrected chi connectivity index (χ4v) is 2.04. The Morgan fingerprint density at radius 2 is 2.06 bits per heavy atom. The molecule has 0 unspecified atom stereocenters. The average Bonchev–Trinajstić information content (AvgIpc) is 2.65. The first kappa shape index (κ1) is 12.3. The second-order valence-corrected chi connectivity index (χ2v) is 4.47. The molecule has 1 saturated carbocycles. The molecule has 3 nitrogen and oxygen atoms in total. The molecule has 2 N–H and O–H groups in total. The highest BCUT2D eigenvalue weighted by atomic mass is 16.7. The lowest BCUT2D eigenvalue weighted by Gasteiger charge is -2.13. The smallest absolute Gasteiger partial charge is 0.147 e. The van der Waals surface area contributed by atoms with E-state index < -0.39 is 0 Å². The largest absolute Gasteiger partial charge is 0.351 e. The van der Waals surface area contributed by atoms with Crippen LogP contribution in [0.3, 0.4) is 0 Å². The van der Waals surface area contributed by atoms with E-state index >= 15 is 0 Å². The predicted octanol–water partition coefficient (Wildman–Crippen LogP) is 2.22. The van der Waals surface area contributed by atoms with E-state index in [4.69, 9.17) is 15.2 Å². The summed E-state index contributed by atoms with van der Waals surface area (Å²) in [6.45, 7) is 4.83. The van der Waals surface area contributed by atoms with E-state index in [9.17, 15) is 0 Å². The normalized spacial score (nSPS) is 24.2. The number of benzene rings is 1. The van der Waals surface area contributed by atoms with Gasteiger partial charge >= 0.3 is 0 Å². The van der Waals surface area contributed by atoms with Crippen LogP contribution in [-0.4, -0.2) is 18.9 Å². The summed E-state index contributed by atoms with van der Waals surface area (Å²) in [7, 11) is 0. The minimum atomic E-state index is 0.0702. The zero-order valence-corrected chi connectivity index (χ0v) is 9.97.